The largest absolute Gasteiger partial charge is 0.495 e. The molecular weight excluding hydrogens is 306 g/mol. The van der Waals surface area contributed by atoms with Crippen LogP contribution < -0.4 is 20.3 Å². The van der Waals surface area contributed by atoms with E-state index in [1.54, 1.807) is 23.1 Å². The first kappa shape index (κ1) is 16.4. The number of carbonyl (C=O) groups is 2. The van der Waals surface area contributed by atoms with Gasteiger partial charge < -0.3 is 20.3 Å². The van der Waals surface area contributed by atoms with E-state index in [9.17, 15) is 9.59 Å². The first-order chi connectivity index (χ1) is 10.5. The van der Waals surface area contributed by atoms with Crippen molar-refractivity contribution in [1.29, 1.82) is 0 Å². The zero-order valence-electron chi connectivity index (χ0n) is 12.7. The molecule has 3 amide bonds. The highest BCUT2D eigenvalue weighted by atomic mass is 35.5. The first-order valence-electron chi connectivity index (χ1n) is 7.17. The molecule has 1 fully saturated rings. The lowest BCUT2D eigenvalue weighted by Crippen LogP contribution is -2.42. The number of carbonyl (C=O) groups excluding carboxylic acids is 2. The molecule has 0 heterocycles. The number of methoxy groups -OCH3 is 1. The Hall–Kier alpha value is -1.95. The fourth-order valence-corrected chi connectivity index (χ4v) is 2.29. The molecule has 0 bridgehead atoms. The third kappa shape index (κ3) is 4.53. The van der Waals surface area contributed by atoms with Gasteiger partial charge in [-0.3, -0.25) is 4.79 Å². The minimum absolute atomic E-state index is 0.120. The van der Waals surface area contributed by atoms with E-state index in [2.05, 4.69) is 10.6 Å². The number of hydrogen-bond donors (Lipinski definition) is 2. The number of halogens is 1. The smallest absolute Gasteiger partial charge is 0.315 e. The molecular formula is C15H20ClN3O3. The Morgan fingerprint density at radius 3 is 2.68 bits per heavy atom. The van der Waals surface area contributed by atoms with E-state index in [1.165, 1.54) is 14.0 Å². The number of nitrogens with one attached hydrogen (secondary N) is 2. The molecule has 0 aliphatic heterocycles. The molecule has 2 N–H and O–H groups in total. The van der Waals surface area contributed by atoms with Crippen LogP contribution in [-0.4, -0.2) is 38.2 Å². The number of amides is 3. The molecule has 0 spiro atoms. The van der Waals surface area contributed by atoms with Gasteiger partial charge in [-0.25, -0.2) is 4.79 Å². The van der Waals surface area contributed by atoms with E-state index >= 15 is 0 Å². The molecule has 0 radical (unpaired) electrons. The lowest BCUT2D eigenvalue weighted by atomic mass is 10.2. The molecule has 6 nitrogen and oxygen atoms in total. The van der Waals surface area contributed by atoms with Crippen molar-refractivity contribution < 1.29 is 14.3 Å². The van der Waals surface area contributed by atoms with Gasteiger partial charge >= 0.3 is 6.03 Å². The number of hydrogen-bond acceptors (Lipinski definition) is 3. The van der Waals surface area contributed by atoms with Crippen molar-refractivity contribution in [3.63, 3.8) is 0 Å². The number of urea groups is 1. The lowest BCUT2D eigenvalue weighted by Gasteiger charge is -2.22. The predicted octanol–water partition coefficient (Wildman–Crippen LogP) is 2.16. The van der Waals surface area contributed by atoms with Gasteiger partial charge in [-0.2, -0.15) is 0 Å². The number of nitrogens with zero attached hydrogens (tertiary/aromatic N) is 1. The normalized spacial score (nSPS) is 13.4. The average Bonchev–Trinajstić information content (AvgIpc) is 3.27. The topological polar surface area (TPSA) is 70.7 Å². The summed E-state index contributed by atoms with van der Waals surface area (Å²) in [7, 11) is 1.53. The maximum atomic E-state index is 11.8. The van der Waals surface area contributed by atoms with Crippen molar-refractivity contribution in [2.24, 2.45) is 0 Å². The summed E-state index contributed by atoms with van der Waals surface area (Å²) in [6.07, 6.45) is 2.08. The number of benzene rings is 1. The molecule has 1 aromatic carbocycles. The predicted molar refractivity (Wildman–Crippen MR) is 85.6 cm³/mol. The molecule has 0 unspecified atom stereocenters. The van der Waals surface area contributed by atoms with Crippen LogP contribution >= 0.6 is 11.6 Å². The highest BCUT2D eigenvalue weighted by molar-refractivity contribution is 6.32. The number of rotatable bonds is 6. The van der Waals surface area contributed by atoms with Crippen LogP contribution in [0.1, 0.15) is 19.8 Å². The summed E-state index contributed by atoms with van der Waals surface area (Å²) in [6, 6.07) is 5.26. The van der Waals surface area contributed by atoms with E-state index < -0.39 is 0 Å². The first-order valence-corrected chi connectivity index (χ1v) is 7.55. The van der Waals surface area contributed by atoms with E-state index in [0.717, 1.165) is 12.8 Å². The van der Waals surface area contributed by atoms with E-state index in [-0.39, 0.29) is 11.9 Å². The Bertz CT molecular complexity index is 561. The van der Waals surface area contributed by atoms with Gasteiger partial charge in [-0.05, 0) is 31.0 Å². The molecule has 1 aliphatic carbocycles. The molecule has 1 saturated carbocycles. The van der Waals surface area contributed by atoms with Crippen molar-refractivity contribution in [3.8, 4) is 5.75 Å². The van der Waals surface area contributed by atoms with Crippen molar-refractivity contribution in [3.05, 3.63) is 23.2 Å². The zero-order chi connectivity index (χ0) is 16.1. The van der Waals surface area contributed by atoms with Crippen molar-refractivity contribution >= 4 is 29.2 Å². The molecule has 1 aliphatic rings. The summed E-state index contributed by atoms with van der Waals surface area (Å²) >= 11 is 6.08. The van der Waals surface area contributed by atoms with Gasteiger partial charge in [0.1, 0.15) is 5.75 Å². The molecule has 1 aromatic rings. The van der Waals surface area contributed by atoms with E-state index in [0.29, 0.717) is 35.6 Å². The molecule has 7 heteroatoms. The van der Waals surface area contributed by atoms with Crippen LogP contribution in [0.2, 0.25) is 5.02 Å². The number of anilines is 1. The lowest BCUT2D eigenvalue weighted by molar-refractivity contribution is -0.116. The monoisotopic (exact) mass is 325 g/mol. The van der Waals surface area contributed by atoms with Crippen molar-refractivity contribution in [2.75, 3.05) is 25.1 Å². The van der Waals surface area contributed by atoms with Crippen LogP contribution in [0.25, 0.3) is 0 Å². The van der Waals surface area contributed by atoms with Gasteiger partial charge in [0.25, 0.3) is 0 Å². The summed E-state index contributed by atoms with van der Waals surface area (Å²) in [5, 5.41) is 6.01. The molecule has 0 aromatic heterocycles. The maximum Gasteiger partial charge on any atom is 0.315 e. The summed E-state index contributed by atoms with van der Waals surface area (Å²) in [4.78, 5) is 24.9. The number of ether oxygens (including phenoxy) is 1. The van der Waals surface area contributed by atoms with Gasteiger partial charge in [-0.15, -0.1) is 0 Å². The molecule has 0 atom stereocenters. The van der Waals surface area contributed by atoms with Crippen LogP contribution in [0.5, 0.6) is 5.75 Å². The minimum atomic E-state index is -0.196. The van der Waals surface area contributed by atoms with Crippen molar-refractivity contribution in [1.82, 2.24) is 10.6 Å². The van der Waals surface area contributed by atoms with Gasteiger partial charge in [0, 0.05) is 31.7 Å². The quantitative estimate of drug-likeness (QED) is 0.842. The van der Waals surface area contributed by atoms with Gasteiger partial charge in [0.15, 0.2) is 0 Å². The molecule has 120 valence electrons. The second-order valence-electron chi connectivity index (χ2n) is 5.16. The summed E-state index contributed by atoms with van der Waals surface area (Å²) < 4.78 is 5.09. The van der Waals surface area contributed by atoms with Gasteiger partial charge in [0.05, 0.1) is 12.1 Å². The molecule has 2 rings (SSSR count). The average molecular weight is 326 g/mol. The van der Waals surface area contributed by atoms with Crippen LogP contribution in [0, 0.1) is 0 Å². The van der Waals surface area contributed by atoms with Gasteiger partial charge in [-0.1, -0.05) is 11.6 Å². The molecule has 0 saturated heterocycles. The standard InChI is InChI=1S/C15H20ClN3O3/c1-10(20)19(8-7-17-15(21)18-11-3-4-11)12-5-6-14(22-2)13(16)9-12/h5-6,9,11H,3-4,7-8H2,1-2H3,(H2,17,18,21). The zero-order valence-corrected chi connectivity index (χ0v) is 13.4. The second kappa shape index (κ2) is 7.35. The third-order valence-corrected chi connectivity index (χ3v) is 3.66. The Morgan fingerprint density at radius 2 is 2.14 bits per heavy atom. The van der Waals surface area contributed by atoms with Crippen LogP contribution in [0.3, 0.4) is 0 Å². The van der Waals surface area contributed by atoms with Crippen LogP contribution in [0.15, 0.2) is 18.2 Å². The summed E-state index contributed by atoms with van der Waals surface area (Å²) in [5.74, 6) is 0.432. The second-order valence-corrected chi connectivity index (χ2v) is 5.57. The Kier molecular flexibility index (Phi) is 5.49. The Morgan fingerprint density at radius 1 is 1.41 bits per heavy atom. The summed E-state index contributed by atoms with van der Waals surface area (Å²) in [6.45, 7) is 2.21. The fraction of sp³-hybridized carbons (Fsp3) is 0.467. The fourth-order valence-electron chi connectivity index (χ4n) is 2.04. The summed E-state index contributed by atoms with van der Waals surface area (Å²) in [5.41, 5.74) is 0.669. The Labute approximate surface area is 134 Å². The van der Waals surface area contributed by atoms with E-state index in [1.807, 2.05) is 0 Å². The minimum Gasteiger partial charge on any atom is -0.495 e. The SMILES string of the molecule is COc1ccc(N(CCNC(=O)NC2CC2)C(C)=O)cc1Cl. The van der Waals surface area contributed by atoms with E-state index in [4.69, 9.17) is 16.3 Å². The van der Waals surface area contributed by atoms with Gasteiger partial charge in [0.2, 0.25) is 5.91 Å². The third-order valence-electron chi connectivity index (χ3n) is 3.36. The Balaban J connectivity index is 1.92. The molecule has 22 heavy (non-hydrogen) atoms. The highest BCUT2D eigenvalue weighted by Crippen LogP contribution is 2.29. The van der Waals surface area contributed by atoms with Crippen LogP contribution in [0.4, 0.5) is 10.5 Å². The highest BCUT2D eigenvalue weighted by Gasteiger charge is 2.23. The van der Waals surface area contributed by atoms with Crippen LogP contribution in [-0.2, 0) is 4.79 Å². The van der Waals surface area contributed by atoms with Crippen molar-refractivity contribution in [2.45, 2.75) is 25.8 Å². The maximum absolute atomic E-state index is 11.8.